The van der Waals surface area contributed by atoms with Gasteiger partial charge in [0.2, 0.25) is 5.91 Å². The van der Waals surface area contributed by atoms with Gasteiger partial charge in [-0.2, -0.15) is 5.26 Å². The second-order valence-electron chi connectivity index (χ2n) is 6.41. The van der Waals surface area contributed by atoms with Gasteiger partial charge in [-0.1, -0.05) is 35.9 Å². The van der Waals surface area contributed by atoms with E-state index in [0.29, 0.717) is 39.1 Å². The summed E-state index contributed by atoms with van der Waals surface area (Å²) in [4.78, 5) is 14.6. The Balaban J connectivity index is 1.73. The molecule has 0 atom stereocenters. The van der Waals surface area contributed by atoms with Crippen molar-refractivity contribution in [1.29, 1.82) is 5.26 Å². The molecule has 1 aromatic rings. The third-order valence-electron chi connectivity index (χ3n) is 4.85. The summed E-state index contributed by atoms with van der Waals surface area (Å²) in [5, 5.41) is 9.53. The van der Waals surface area contributed by atoms with Gasteiger partial charge in [0.25, 0.3) is 0 Å². The molecule has 1 fully saturated rings. The van der Waals surface area contributed by atoms with Crippen LogP contribution in [-0.2, 0) is 9.53 Å². The van der Waals surface area contributed by atoms with Gasteiger partial charge in [0.15, 0.2) is 0 Å². The zero-order chi connectivity index (χ0) is 16.3. The number of ether oxygens (including phenoxy) is 1. The maximum absolute atomic E-state index is 12.8. The molecule has 0 aliphatic carbocycles. The Morgan fingerprint density at radius 1 is 1.35 bits per heavy atom. The maximum Gasteiger partial charge on any atom is 0.243 e. The number of nitriles is 1. The van der Waals surface area contributed by atoms with Gasteiger partial charge in [-0.15, -0.1) is 0 Å². The van der Waals surface area contributed by atoms with Crippen LogP contribution in [0.15, 0.2) is 30.3 Å². The number of amides is 1. The summed E-state index contributed by atoms with van der Waals surface area (Å²) in [6, 6.07) is 10.7. The van der Waals surface area contributed by atoms with Crippen LogP contribution < -0.4 is 0 Å². The van der Waals surface area contributed by atoms with E-state index in [1.165, 1.54) is 16.7 Å². The van der Waals surface area contributed by atoms with Crippen molar-refractivity contribution in [3.63, 3.8) is 0 Å². The van der Waals surface area contributed by atoms with Crippen LogP contribution in [0.3, 0.4) is 0 Å². The summed E-state index contributed by atoms with van der Waals surface area (Å²) in [5.41, 5.74) is 2.88. The topological polar surface area (TPSA) is 53.3 Å². The minimum atomic E-state index is -0.882. The van der Waals surface area contributed by atoms with Gasteiger partial charge in [-0.05, 0) is 37.3 Å². The Morgan fingerprint density at radius 2 is 2.13 bits per heavy atom. The van der Waals surface area contributed by atoms with Crippen LogP contribution in [0.5, 0.6) is 0 Å². The number of carbonyl (C=O) groups excluding carboxylic acids is 1. The third kappa shape index (κ3) is 3.16. The van der Waals surface area contributed by atoms with Gasteiger partial charge in [0, 0.05) is 26.3 Å². The number of hydrogen-bond donors (Lipinski definition) is 0. The molecule has 120 valence electrons. The number of nitrogens with zero attached hydrogens (tertiary/aromatic N) is 2. The third-order valence-corrected chi connectivity index (χ3v) is 4.85. The summed E-state index contributed by atoms with van der Waals surface area (Å²) >= 11 is 0. The van der Waals surface area contributed by atoms with E-state index in [1.807, 2.05) is 4.90 Å². The van der Waals surface area contributed by atoms with E-state index in [9.17, 15) is 10.1 Å². The van der Waals surface area contributed by atoms with E-state index in [4.69, 9.17) is 4.74 Å². The van der Waals surface area contributed by atoms with Crippen molar-refractivity contribution in [1.82, 2.24) is 4.90 Å². The second-order valence-corrected chi connectivity index (χ2v) is 6.41. The van der Waals surface area contributed by atoms with Crippen molar-refractivity contribution in [3.8, 4) is 6.07 Å². The Bertz CT molecular complexity index is 666. The largest absolute Gasteiger partial charge is 0.381 e. The summed E-state index contributed by atoms with van der Waals surface area (Å²) in [6.07, 6.45) is 3.98. The lowest BCUT2D eigenvalue weighted by Gasteiger charge is -2.36. The van der Waals surface area contributed by atoms with Crippen molar-refractivity contribution >= 4 is 11.5 Å². The smallest absolute Gasteiger partial charge is 0.243 e. The molecule has 0 N–H and O–H groups in total. The van der Waals surface area contributed by atoms with Crippen molar-refractivity contribution in [3.05, 3.63) is 41.5 Å². The molecule has 0 radical (unpaired) electrons. The van der Waals surface area contributed by atoms with E-state index in [1.54, 1.807) is 0 Å². The Labute approximate surface area is 137 Å². The van der Waals surface area contributed by atoms with Crippen LogP contribution in [-0.4, -0.2) is 37.1 Å². The molecule has 0 saturated carbocycles. The predicted molar refractivity (Wildman–Crippen MR) is 88.5 cm³/mol. The fourth-order valence-corrected chi connectivity index (χ4v) is 3.36. The highest BCUT2D eigenvalue weighted by molar-refractivity contribution is 5.86. The van der Waals surface area contributed by atoms with Crippen molar-refractivity contribution in [2.75, 3.05) is 26.3 Å². The Kier molecular flexibility index (Phi) is 4.49. The molecule has 1 aromatic carbocycles. The van der Waals surface area contributed by atoms with E-state index in [-0.39, 0.29) is 5.91 Å². The average Bonchev–Trinajstić information content (AvgIpc) is 2.62. The number of benzene rings is 1. The second kappa shape index (κ2) is 6.55. The van der Waals surface area contributed by atoms with Crippen molar-refractivity contribution in [2.24, 2.45) is 5.41 Å². The summed E-state index contributed by atoms with van der Waals surface area (Å²) in [6.45, 7) is 4.36. The lowest BCUT2D eigenvalue weighted by molar-refractivity contribution is -0.143. The summed E-state index contributed by atoms with van der Waals surface area (Å²) in [7, 11) is 0. The number of aryl methyl sites for hydroxylation is 1. The molecule has 4 nitrogen and oxygen atoms in total. The molecular weight excluding hydrogens is 288 g/mol. The molecule has 23 heavy (non-hydrogen) atoms. The zero-order valence-electron chi connectivity index (χ0n) is 13.5. The SMILES string of the molecule is Cc1cccc(C2=CCN(C(=O)C3(C#N)CCOCC3)CC2)c1. The molecule has 0 aromatic heterocycles. The fourth-order valence-electron chi connectivity index (χ4n) is 3.36. The molecule has 1 amide bonds. The number of rotatable bonds is 2. The zero-order valence-corrected chi connectivity index (χ0v) is 13.5. The van der Waals surface area contributed by atoms with E-state index >= 15 is 0 Å². The van der Waals surface area contributed by atoms with Crippen LogP contribution in [0.1, 0.15) is 30.4 Å². The highest BCUT2D eigenvalue weighted by Gasteiger charge is 2.43. The van der Waals surface area contributed by atoms with Crippen molar-refractivity contribution in [2.45, 2.75) is 26.2 Å². The number of carbonyl (C=O) groups is 1. The molecule has 0 spiro atoms. The number of hydrogen-bond acceptors (Lipinski definition) is 3. The van der Waals surface area contributed by atoms with Crippen LogP contribution in [0.25, 0.3) is 5.57 Å². The first-order valence-electron chi connectivity index (χ1n) is 8.19. The average molecular weight is 310 g/mol. The first kappa shape index (κ1) is 15.8. The van der Waals surface area contributed by atoms with E-state index in [2.05, 4.69) is 43.3 Å². The van der Waals surface area contributed by atoms with Crippen LogP contribution in [0.4, 0.5) is 0 Å². The first-order valence-corrected chi connectivity index (χ1v) is 8.19. The minimum Gasteiger partial charge on any atom is -0.381 e. The molecule has 0 unspecified atom stereocenters. The normalized spacial score (nSPS) is 20.5. The monoisotopic (exact) mass is 310 g/mol. The molecule has 1 saturated heterocycles. The molecular formula is C19H22N2O2. The van der Waals surface area contributed by atoms with Crippen LogP contribution in [0, 0.1) is 23.7 Å². The summed E-state index contributed by atoms with van der Waals surface area (Å²) < 4.78 is 5.32. The Hall–Kier alpha value is -2.12. The van der Waals surface area contributed by atoms with Gasteiger partial charge in [0.1, 0.15) is 5.41 Å². The van der Waals surface area contributed by atoms with E-state index in [0.717, 1.165) is 6.42 Å². The minimum absolute atomic E-state index is 0.0251. The van der Waals surface area contributed by atoms with Gasteiger partial charge in [-0.25, -0.2) is 0 Å². The fraction of sp³-hybridized carbons (Fsp3) is 0.474. The molecule has 3 rings (SSSR count). The highest BCUT2D eigenvalue weighted by Crippen LogP contribution is 2.33. The molecule has 2 aliphatic heterocycles. The predicted octanol–water partition coefficient (Wildman–Crippen LogP) is 2.93. The van der Waals surface area contributed by atoms with E-state index < -0.39 is 5.41 Å². The van der Waals surface area contributed by atoms with Crippen LogP contribution in [0.2, 0.25) is 0 Å². The lowest BCUT2D eigenvalue weighted by atomic mass is 9.80. The summed E-state index contributed by atoms with van der Waals surface area (Å²) in [5.74, 6) is -0.0251. The first-order chi connectivity index (χ1) is 11.1. The van der Waals surface area contributed by atoms with Gasteiger partial charge in [-0.3, -0.25) is 4.79 Å². The molecule has 0 bridgehead atoms. The van der Waals surface area contributed by atoms with Crippen LogP contribution >= 0.6 is 0 Å². The molecule has 2 heterocycles. The van der Waals surface area contributed by atoms with Gasteiger partial charge in [0.05, 0.1) is 6.07 Å². The maximum atomic E-state index is 12.8. The Morgan fingerprint density at radius 3 is 2.74 bits per heavy atom. The van der Waals surface area contributed by atoms with Crippen molar-refractivity contribution < 1.29 is 9.53 Å². The van der Waals surface area contributed by atoms with Gasteiger partial charge >= 0.3 is 0 Å². The quantitative estimate of drug-likeness (QED) is 0.844. The van der Waals surface area contributed by atoms with Gasteiger partial charge < -0.3 is 9.64 Å². The highest BCUT2D eigenvalue weighted by atomic mass is 16.5. The molecule has 2 aliphatic rings. The standard InChI is InChI=1S/C19H22N2O2/c1-15-3-2-4-17(13-15)16-5-9-21(10-6-16)18(22)19(14-20)7-11-23-12-8-19/h2-5,13H,6-12H2,1H3. The molecule has 4 heteroatoms. The lowest BCUT2D eigenvalue weighted by Crippen LogP contribution is -2.47.